The zero-order valence-corrected chi connectivity index (χ0v) is 13.8. The monoisotopic (exact) mass is 315 g/mol. The average molecular weight is 315 g/mol. The number of aryl methyl sites for hydroxylation is 3. The zero-order chi connectivity index (χ0) is 15.7. The fraction of sp³-hybridized carbons (Fsp3) is 0.312. The Morgan fingerprint density at radius 2 is 1.91 bits per heavy atom. The van der Waals surface area contributed by atoms with E-state index < -0.39 is 0 Å². The predicted molar refractivity (Wildman–Crippen MR) is 84.7 cm³/mol. The van der Waals surface area contributed by atoms with Gasteiger partial charge in [0.2, 0.25) is 11.8 Å². The van der Waals surface area contributed by atoms with Gasteiger partial charge < -0.3 is 8.83 Å². The molecule has 0 aliphatic rings. The quantitative estimate of drug-likeness (QED) is 0.660. The highest BCUT2D eigenvalue weighted by atomic mass is 32.2. The lowest BCUT2D eigenvalue weighted by molar-refractivity contribution is 0.455. The standard InChI is InChI=1S/C16H17N3O2S/c1-9-5-6-13(10(2)7-9)15-18-19-16(21-15)22-12(4)14-17-8-11(3)20-14/h5-8,12H,1-4H3/t12-/m0/s1. The van der Waals surface area contributed by atoms with Crippen LogP contribution in [0.15, 0.2) is 38.5 Å². The first-order valence-electron chi connectivity index (χ1n) is 7.03. The van der Waals surface area contributed by atoms with Gasteiger partial charge >= 0.3 is 0 Å². The van der Waals surface area contributed by atoms with Crippen molar-refractivity contribution in [2.24, 2.45) is 0 Å². The van der Waals surface area contributed by atoms with E-state index in [0.717, 1.165) is 16.9 Å². The van der Waals surface area contributed by atoms with Crippen LogP contribution in [0.2, 0.25) is 0 Å². The van der Waals surface area contributed by atoms with Gasteiger partial charge in [-0.15, -0.1) is 10.2 Å². The number of nitrogens with zero attached hydrogens (tertiary/aromatic N) is 3. The molecule has 2 aromatic heterocycles. The van der Waals surface area contributed by atoms with Crippen LogP contribution in [-0.2, 0) is 0 Å². The van der Waals surface area contributed by atoms with Crippen LogP contribution in [0.25, 0.3) is 11.5 Å². The van der Waals surface area contributed by atoms with E-state index in [1.165, 1.54) is 17.3 Å². The molecule has 3 rings (SSSR count). The fourth-order valence-electron chi connectivity index (χ4n) is 2.18. The highest BCUT2D eigenvalue weighted by Crippen LogP contribution is 2.35. The Bertz CT molecular complexity index is 794. The van der Waals surface area contributed by atoms with Crippen molar-refractivity contribution >= 4 is 11.8 Å². The molecule has 0 amide bonds. The minimum atomic E-state index is 0.0149. The molecule has 0 saturated carbocycles. The van der Waals surface area contributed by atoms with Gasteiger partial charge in [0.15, 0.2) is 0 Å². The third-order valence-corrected chi connectivity index (χ3v) is 4.21. The van der Waals surface area contributed by atoms with Crippen molar-refractivity contribution in [1.82, 2.24) is 15.2 Å². The van der Waals surface area contributed by atoms with Gasteiger partial charge in [0.1, 0.15) is 5.76 Å². The molecule has 0 radical (unpaired) electrons. The van der Waals surface area contributed by atoms with Gasteiger partial charge in [-0.3, -0.25) is 0 Å². The highest BCUT2D eigenvalue weighted by molar-refractivity contribution is 7.99. The summed E-state index contributed by atoms with van der Waals surface area (Å²) in [6, 6.07) is 6.15. The summed E-state index contributed by atoms with van der Waals surface area (Å²) in [5, 5.41) is 8.77. The summed E-state index contributed by atoms with van der Waals surface area (Å²) in [4.78, 5) is 4.22. The van der Waals surface area contributed by atoms with Crippen molar-refractivity contribution in [3.63, 3.8) is 0 Å². The third kappa shape index (κ3) is 3.06. The number of aromatic nitrogens is 3. The molecular weight excluding hydrogens is 298 g/mol. The van der Waals surface area contributed by atoms with E-state index in [1.54, 1.807) is 6.20 Å². The normalized spacial score (nSPS) is 12.5. The van der Waals surface area contributed by atoms with Crippen LogP contribution in [0, 0.1) is 20.8 Å². The third-order valence-electron chi connectivity index (χ3n) is 3.28. The first-order valence-corrected chi connectivity index (χ1v) is 7.91. The molecule has 0 fully saturated rings. The van der Waals surface area contributed by atoms with Gasteiger partial charge in [-0.05, 0) is 39.3 Å². The van der Waals surface area contributed by atoms with Gasteiger partial charge in [0.25, 0.3) is 5.22 Å². The predicted octanol–water partition coefficient (Wildman–Crippen LogP) is 4.50. The summed E-state index contributed by atoms with van der Waals surface area (Å²) >= 11 is 1.44. The molecule has 0 bridgehead atoms. The molecule has 0 aliphatic heterocycles. The Labute approximate surface area is 133 Å². The molecule has 0 N–H and O–H groups in total. The van der Waals surface area contributed by atoms with Crippen LogP contribution in [0.3, 0.4) is 0 Å². The molecule has 3 aromatic rings. The topological polar surface area (TPSA) is 65.0 Å². The number of thioether (sulfide) groups is 1. The van der Waals surface area contributed by atoms with Gasteiger partial charge in [-0.25, -0.2) is 4.98 Å². The Morgan fingerprint density at radius 3 is 2.59 bits per heavy atom. The minimum absolute atomic E-state index is 0.0149. The molecule has 0 aliphatic carbocycles. The van der Waals surface area contributed by atoms with Crippen molar-refractivity contribution < 1.29 is 8.83 Å². The zero-order valence-electron chi connectivity index (χ0n) is 13.0. The van der Waals surface area contributed by atoms with Crippen LogP contribution < -0.4 is 0 Å². The first-order chi connectivity index (χ1) is 10.5. The molecule has 5 nitrogen and oxygen atoms in total. The van der Waals surface area contributed by atoms with E-state index >= 15 is 0 Å². The maximum atomic E-state index is 5.76. The molecule has 1 atom stereocenters. The molecule has 0 saturated heterocycles. The Kier molecular flexibility index (Phi) is 4.02. The van der Waals surface area contributed by atoms with Crippen LogP contribution in [0.5, 0.6) is 0 Å². The van der Waals surface area contributed by atoms with E-state index in [-0.39, 0.29) is 5.25 Å². The summed E-state index contributed by atoms with van der Waals surface area (Å²) in [6.07, 6.45) is 1.71. The van der Waals surface area contributed by atoms with E-state index in [0.29, 0.717) is 17.0 Å². The van der Waals surface area contributed by atoms with E-state index in [2.05, 4.69) is 28.2 Å². The van der Waals surface area contributed by atoms with Gasteiger partial charge in [-0.1, -0.05) is 29.5 Å². The SMILES string of the molecule is Cc1ccc(-c2nnc(S[C@@H](C)c3ncc(C)o3)o2)c(C)c1. The summed E-state index contributed by atoms with van der Waals surface area (Å²) < 4.78 is 11.3. The van der Waals surface area contributed by atoms with Crippen molar-refractivity contribution in [2.75, 3.05) is 0 Å². The van der Waals surface area contributed by atoms with Crippen molar-refractivity contribution in [3.05, 3.63) is 47.2 Å². The van der Waals surface area contributed by atoms with Gasteiger partial charge in [0.05, 0.1) is 11.4 Å². The summed E-state index contributed by atoms with van der Waals surface area (Å²) in [7, 11) is 0. The molecule has 22 heavy (non-hydrogen) atoms. The molecule has 6 heteroatoms. The van der Waals surface area contributed by atoms with E-state index in [9.17, 15) is 0 Å². The Morgan fingerprint density at radius 1 is 1.09 bits per heavy atom. The molecule has 2 heterocycles. The molecule has 0 unspecified atom stereocenters. The molecule has 114 valence electrons. The second-order valence-electron chi connectivity index (χ2n) is 5.26. The maximum Gasteiger partial charge on any atom is 0.277 e. The van der Waals surface area contributed by atoms with Crippen molar-refractivity contribution in [3.8, 4) is 11.5 Å². The number of oxazole rings is 1. The Hall–Kier alpha value is -2.08. The Balaban J connectivity index is 1.79. The second kappa shape index (κ2) is 5.96. The van der Waals surface area contributed by atoms with Crippen LogP contribution in [0.1, 0.15) is 35.0 Å². The smallest absolute Gasteiger partial charge is 0.277 e. The van der Waals surface area contributed by atoms with Gasteiger partial charge in [-0.2, -0.15) is 0 Å². The maximum absolute atomic E-state index is 5.76. The summed E-state index contributed by atoms with van der Waals surface area (Å²) in [6.45, 7) is 7.97. The molecule has 0 spiro atoms. The number of hydrogen-bond acceptors (Lipinski definition) is 6. The fourth-order valence-corrected chi connectivity index (χ4v) is 2.91. The average Bonchev–Trinajstić information content (AvgIpc) is 3.08. The lowest BCUT2D eigenvalue weighted by atomic mass is 10.1. The summed E-state index contributed by atoms with van der Waals surface area (Å²) in [5.41, 5.74) is 3.30. The summed E-state index contributed by atoms with van der Waals surface area (Å²) in [5.74, 6) is 1.99. The van der Waals surface area contributed by atoms with Crippen molar-refractivity contribution in [2.45, 2.75) is 38.2 Å². The number of rotatable bonds is 4. The second-order valence-corrected chi connectivity index (χ2v) is 6.55. The highest BCUT2D eigenvalue weighted by Gasteiger charge is 2.18. The molecular formula is C16H17N3O2S. The minimum Gasteiger partial charge on any atom is -0.445 e. The van der Waals surface area contributed by atoms with Crippen LogP contribution in [-0.4, -0.2) is 15.2 Å². The van der Waals surface area contributed by atoms with E-state index in [4.69, 9.17) is 8.83 Å². The first kappa shape index (κ1) is 14.8. The lowest BCUT2D eigenvalue weighted by Gasteiger charge is -2.03. The van der Waals surface area contributed by atoms with Crippen molar-refractivity contribution in [1.29, 1.82) is 0 Å². The molecule has 1 aromatic carbocycles. The van der Waals surface area contributed by atoms with Gasteiger partial charge in [0, 0.05) is 5.56 Å². The van der Waals surface area contributed by atoms with Crippen LogP contribution >= 0.6 is 11.8 Å². The largest absolute Gasteiger partial charge is 0.445 e. The number of hydrogen-bond donors (Lipinski definition) is 0. The lowest BCUT2D eigenvalue weighted by Crippen LogP contribution is -1.87. The van der Waals surface area contributed by atoms with E-state index in [1.807, 2.05) is 32.9 Å². The number of benzene rings is 1. The van der Waals surface area contributed by atoms with Crippen LogP contribution in [0.4, 0.5) is 0 Å².